The Balaban J connectivity index is 1.99. The van der Waals surface area contributed by atoms with Crippen LogP contribution in [0.1, 0.15) is 12.0 Å². The molecule has 2 N–H and O–H groups in total. The van der Waals surface area contributed by atoms with Crippen molar-refractivity contribution in [1.82, 2.24) is 9.97 Å². The molecule has 0 atom stereocenters. The van der Waals surface area contributed by atoms with E-state index in [2.05, 4.69) is 20.0 Å². The highest BCUT2D eigenvalue weighted by Gasteiger charge is 2.25. The molecule has 1 amide bonds. The van der Waals surface area contributed by atoms with E-state index >= 15 is 0 Å². The third kappa shape index (κ3) is 2.75. The molecule has 0 unspecified atom stereocenters. The fourth-order valence-electron chi connectivity index (χ4n) is 2.11. The maximum Gasteiger partial charge on any atom is 0.267 e. The van der Waals surface area contributed by atoms with Crippen molar-refractivity contribution in [2.45, 2.75) is 17.7 Å². The molecule has 1 aromatic carbocycles. The summed E-state index contributed by atoms with van der Waals surface area (Å²) < 4.78 is 40.7. The number of halogens is 1. The number of aromatic nitrogens is 2. The van der Waals surface area contributed by atoms with E-state index in [0.29, 0.717) is 17.7 Å². The molecule has 1 aliphatic rings. The number of carbonyl (C=O) groups excluding carboxylic acids is 1. The summed E-state index contributed by atoms with van der Waals surface area (Å²) in [6.45, 7) is 0. The third-order valence-corrected chi connectivity index (χ3v) is 4.48. The van der Waals surface area contributed by atoms with Gasteiger partial charge in [-0.25, -0.2) is 27.5 Å². The van der Waals surface area contributed by atoms with Gasteiger partial charge in [0.25, 0.3) is 10.0 Å². The van der Waals surface area contributed by atoms with Gasteiger partial charge in [-0.05, 0) is 30.2 Å². The summed E-state index contributed by atoms with van der Waals surface area (Å²) in [5, 5.41) is 2.51. The average Bonchev–Trinajstić information content (AvgIpc) is 2.46. The van der Waals surface area contributed by atoms with E-state index in [4.69, 9.17) is 0 Å². The molecular formula is C13H11FN4O3S. The van der Waals surface area contributed by atoms with Gasteiger partial charge >= 0.3 is 0 Å². The average molecular weight is 322 g/mol. The van der Waals surface area contributed by atoms with Gasteiger partial charge in [-0.1, -0.05) is 0 Å². The molecule has 0 spiro atoms. The maximum absolute atomic E-state index is 14.1. The number of aryl methyl sites for hydroxylation is 1. The molecule has 0 fully saturated rings. The molecule has 1 aliphatic heterocycles. The van der Waals surface area contributed by atoms with Crippen LogP contribution in [0.2, 0.25) is 0 Å². The van der Waals surface area contributed by atoms with Crippen molar-refractivity contribution < 1.29 is 17.6 Å². The Kier molecular flexibility index (Phi) is 3.49. The first-order chi connectivity index (χ1) is 10.5. The van der Waals surface area contributed by atoms with Gasteiger partial charge in [0.2, 0.25) is 11.9 Å². The number of fused-ring (bicyclic) bond motifs is 1. The number of carbonyl (C=O) groups is 1. The monoisotopic (exact) mass is 322 g/mol. The summed E-state index contributed by atoms with van der Waals surface area (Å²) in [4.78, 5) is 18.2. The summed E-state index contributed by atoms with van der Waals surface area (Å²) >= 11 is 0. The highest BCUT2D eigenvalue weighted by Crippen LogP contribution is 2.28. The van der Waals surface area contributed by atoms with Gasteiger partial charge < -0.3 is 5.32 Å². The summed E-state index contributed by atoms with van der Waals surface area (Å²) in [7, 11) is -4.15. The van der Waals surface area contributed by atoms with Gasteiger partial charge in [-0.2, -0.15) is 0 Å². The van der Waals surface area contributed by atoms with Crippen LogP contribution in [0.3, 0.4) is 0 Å². The Morgan fingerprint density at radius 3 is 2.64 bits per heavy atom. The second-order valence-corrected chi connectivity index (χ2v) is 6.32. The number of amides is 1. The second-order valence-electron chi connectivity index (χ2n) is 4.67. The van der Waals surface area contributed by atoms with Gasteiger partial charge in [0.15, 0.2) is 0 Å². The predicted octanol–water partition coefficient (Wildman–Crippen LogP) is 1.30. The zero-order valence-electron chi connectivity index (χ0n) is 11.2. The van der Waals surface area contributed by atoms with Gasteiger partial charge in [-0.15, -0.1) is 0 Å². The summed E-state index contributed by atoms with van der Waals surface area (Å²) in [5.41, 5.74) is 0.860. The fourth-order valence-corrected chi connectivity index (χ4v) is 3.18. The number of hydrogen-bond acceptors (Lipinski definition) is 5. The van der Waals surface area contributed by atoms with Crippen LogP contribution in [-0.4, -0.2) is 24.3 Å². The van der Waals surface area contributed by atoms with Crippen molar-refractivity contribution in [2.24, 2.45) is 0 Å². The van der Waals surface area contributed by atoms with Crippen molar-refractivity contribution in [3.8, 4) is 0 Å². The van der Waals surface area contributed by atoms with Crippen LogP contribution >= 0.6 is 0 Å². The van der Waals surface area contributed by atoms with Crippen LogP contribution in [0.15, 0.2) is 35.5 Å². The Bertz CT molecular complexity index is 840. The lowest BCUT2D eigenvalue weighted by Gasteiger charge is -2.18. The molecule has 3 rings (SSSR count). The van der Waals surface area contributed by atoms with Gasteiger partial charge in [0.05, 0.1) is 0 Å². The first kappa shape index (κ1) is 14.4. The van der Waals surface area contributed by atoms with Crippen molar-refractivity contribution >= 4 is 27.6 Å². The lowest BCUT2D eigenvalue weighted by atomic mass is 10.0. The largest absolute Gasteiger partial charge is 0.326 e. The molecule has 0 saturated carbocycles. The van der Waals surface area contributed by atoms with Crippen LogP contribution in [-0.2, 0) is 21.2 Å². The fraction of sp³-hybridized carbons (Fsp3) is 0.154. The molecule has 9 heteroatoms. The zero-order chi connectivity index (χ0) is 15.7. The number of hydrogen-bond donors (Lipinski definition) is 2. The molecule has 0 bridgehead atoms. The molecule has 22 heavy (non-hydrogen) atoms. The highest BCUT2D eigenvalue weighted by atomic mass is 32.2. The number of sulfonamides is 1. The first-order valence-corrected chi connectivity index (χ1v) is 7.86. The van der Waals surface area contributed by atoms with E-state index in [1.807, 2.05) is 0 Å². The number of anilines is 2. The van der Waals surface area contributed by atoms with Crippen LogP contribution in [0.25, 0.3) is 0 Å². The minimum absolute atomic E-state index is 0.145. The topological polar surface area (TPSA) is 101 Å². The van der Waals surface area contributed by atoms with Gasteiger partial charge in [-0.3, -0.25) is 4.79 Å². The minimum atomic E-state index is -4.15. The lowest BCUT2D eigenvalue weighted by molar-refractivity contribution is -0.116. The molecule has 0 saturated heterocycles. The molecule has 2 aromatic rings. The number of nitrogens with one attached hydrogen (secondary N) is 2. The van der Waals surface area contributed by atoms with E-state index in [1.165, 1.54) is 24.5 Å². The number of rotatable bonds is 3. The summed E-state index contributed by atoms with van der Waals surface area (Å²) in [6.07, 6.45) is 3.31. The van der Waals surface area contributed by atoms with Crippen LogP contribution in [0, 0.1) is 5.82 Å². The Morgan fingerprint density at radius 1 is 1.18 bits per heavy atom. The molecule has 2 heterocycles. The van der Waals surface area contributed by atoms with Crippen molar-refractivity contribution in [1.29, 1.82) is 0 Å². The molecule has 0 aliphatic carbocycles. The molecule has 1 aromatic heterocycles. The first-order valence-electron chi connectivity index (χ1n) is 6.38. The Morgan fingerprint density at radius 2 is 1.91 bits per heavy atom. The van der Waals surface area contributed by atoms with E-state index in [-0.39, 0.29) is 18.3 Å². The Hall–Kier alpha value is -2.55. The molecular weight excluding hydrogens is 311 g/mol. The van der Waals surface area contributed by atoms with Gasteiger partial charge in [0.1, 0.15) is 10.7 Å². The van der Waals surface area contributed by atoms with Crippen LogP contribution < -0.4 is 10.0 Å². The van der Waals surface area contributed by atoms with E-state index in [1.54, 1.807) is 0 Å². The van der Waals surface area contributed by atoms with E-state index in [0.717, 1.165) is 6.07 Å². The standard InChI is InChI=1S/C13H11FN4O3S/c14-9-7-10-8(2-3-12(19)17-10)6-11(9)22(20,21)18-13-15-4-1-5-16-13/h1,4-7H,2-3H2,(H,17,19)(H,15,16,18). The van der Waals surface area contributed by atoms with Crippen LogP contribution in [0.5, 0.6) is 0 Å². The van der Waals surface area contributed by atoms with Crippen molar-refractivity contribution in [2.75, 3.05) is 10.0 Å². The van der Waals surface area contributed by atoms with Crippen molar-refractivity contribution in [3.63, 3.8) is 0 Å². The second kappa shape index (κ2) is 5.34. The minimum Gasteiger partial charge on any atom is -0.326 e. The third-order valence-electron chi connectivity index (χ3n) is 3.13. The smallest absolute Gasteiger partial charge is 0.267 e. The maximum atomic E-state index is 14.1. The number of nitrogens with zero attached hydrogens (tertiary/aromatic N) is 2. The van der Waals surface area contributed by atoms with E-state index < -0.39 is 20.7 Å². The predicted molar refractivity (Wildman–Crippen MR) is 76.2 cm³/mol. The lowest BCUT2D eigenvalue weighted by Crippen LogP contribution is -2.21. The van der Waals surface area contributed by atoms with E-state index in [9.17, 15) is 17.6 Å². The van der Waals surface area contributed by atoms with Gasteiger partial charge in [0, 0.05) is 24.5 Å². The van der Waals surface area contributed by atoms with Crippen LogP contribution in [0.4, 0.5) is 16.0 Å². The highest BCUT2D eigenvalue weighted by molar-refractivity contribution is 7.92. The zero-order valence-corrected chi connectivity index (χ0v) is 12.0. The quantitative estimate of drug-likeness (QED) is 0.887. The summed E-state index contributed by atoms with van der Waals surface area (Å²) in [5.74, 6) is -1.32. The summed E-state index contributed by atoms with van der Waals surface area (Å²) in [6, 6.07) is 3.75. The Labute approximate surface area is 125 Å². The SMILES string of the molecule is O=C1CCc2cc(S(=O)(=O)Nc3ncccn3)c(F)cc2N1. The normalized spacial score (nSPS) is 14.1. The molecule has 114 valence electrons. The molecule has 7 nitrogen and oxygen atoms in total. The number of benzene rings is 1. The van der Waals surface area contributed by atoms with Crippen molar-refractivity contribution in [3.05, 3.63) is 42.0 Å². The molecule has 0 radical (unpaired) electrons.